The molecule has 0 aromatic heterocycles. The summed E-state index contributed by atoms with van der Waals surface area (Å²) in [6, 6.07) is 0. The largest absolute Gasteiger partial charge is 0.481 e. The molecular formula is C11H16F2O2. The van der Waals surface area contributed by atoms with Gasteiger partial charge >= 0.3 is 5.97 Å². The SMILES string of the molecule is CC1(C)CC2C(C(=O)O)CC2C(F)(F)C1. The number of hydrogen-bond donors (Lipinski definition) is 1. The highest BCUT2D eigenvalue weighted by atomic mass is 19.3. The summed E-state index contributed by atoms with van der Waals surface area (Å²) in [7, 11) is 0. The van der Waals surface area contributed by atoms with Crippen LogP contribution in [0.5, 0.6) is 0 Å². The van der Waals surface area contributed by atoms with Gasteiger partial charge in [-0.15, -0.1) is 0 Å². The molecule has 0 aliphatic heterocycles. The maximum atomic E-state index is 13.6. The Labute approximate surface area is 87.7 Å². The zero-order valence-corrected chi connectivity index (χ0v) is 8.96. The zero-order valence-electron chi connectivity index (χ0n) is 8.96. The molecule has 2 aliphatic carbocycles. The first-order chi connectivity index (χ1) is 6.73. The van der Waals surface area contributed by atoms with Gasteiger partial charge in [-0.1, -0.05) is 13.8 Å². The lowest BCUT2D eigenvalue weighted by Gasteiger charge is -2.54. The number of fused-ring (bicyclic) bond motifs is 1. The molecule has 2 aliphatic rings. The van der Waals surface area contributed by atoms with E-state index in [1.807, 2.05) is 0 Å². The molecule has 4 heteroatoms. The van der Waals surface area contributed by atoms with Gasteiger partial charge in [0, 0.05) is 12.3 Å². The van der Waals surface area contributed by atoms with E-state index in [1.165, 1.54) is 0 Å². The second kappa shape index (κ2) is 2.92. The van der Waals surface area contributed by atoms with Crippen LogP contribution in [0.4, 0.5) is 8.78 Å². The highest BCUT2D eigenvalue weighted by Gasteiger charge is 2.62. The first-order valence-electron chi connectivity index (χ1n) is 5.34. The first kappa shape index (κ1) is 10.8. The zero-order chi connectivity index (χ0) is 11.4. The Balaban J connectivity index is 2.18. The van der Waals surface area contributed by atoms with Crippen molar-refractivity contribution in [1.29, 1.82) is 0 Å². The highest BCUT2D eigenvalue weighted by Crippen LogP contribution is 2.60. The van der Waals surface area contributed by atoms with Crippen molar-refractivity contribution in [3.05, 3.63) is 0 Å². The molecule has 3 unspecified atom stereocenters. The Morgan fingerprint density at radius 2 is 2.00 bits per heavy atom. The van der Waals surface area contributed by atoms with E-state index in [0.29, 0.717) is 6.42 Å². The van der Waals surface area contributed by atoms with Crippen LogP contribution in [0.1, 0.15) is 33.1 Å². The van der Waals surface area contributed by atoms with Crippen LogP contribution in [0.15, 0.2) is 0 Å². The fraction of sp³-hybridized carbons (Fsp3) is 0.909. The third-order valence-corrected chi connectivity index (χ3v) is 3.90. The van der Waals surface area contributed by atoms with E-state index in [4.69, 9.17) is 5.11 Å². The minimum atomic E-state index is -2.67. The van der Waals surface area contributed by atoms with Crippen LogP contribution >= 0.6 is 0 Å². The van der Waals surface area contributed by atoms with Crippen LogP contribution in [-0.2, 0) is 4.79 Å². The predicted molar refractivity (Wildman–Crippen MR) is 50.7 cm³/mol. The van der Waals surface area contributed by atoms with Crippen molar-refractivity contribution in [1.82, 2.24) is 0 Å². The smallest absolute Gasteiger partial charge is 0.306 e. The molecule has 2 saturated carbocycles. The van der Waals surface area contributed by atoms with Gasteiger partial charge in [-0.2, -0.15) is 0 Å². The Morgan fingerprint density at radius 1 is 1.40 bits per heavy atom. The number of carbonyl (C=O) groups is 1. The van der Waals surface area contributed by atoms with Gasteiger partial charge in [-0.25, -0.2) is 8.78 Å². The van der Waals surface area contributed by atoms with Crippen molar-refractivity contribution in [3.63, 3.8) is 0 Å². The van der Waals surface area contributed by atoms with Gasteiger partial charge in [-0.05, 0) is 24.2 Å². The average molecular weight is 218 g/mol. The van der Waals surface area contributed by atoms with Crippen molar-refractivity contribution >= 4 is 5.97 Å². The fourth-order valence-electron chi connectivity index (χ4n) is 3.24. The van der Waals surface area contributed by atoms with Gasteiger partial charge in [0.2, 0.25) is 0 Å². The summed E-state index contributed by atoms with van der Waals surface area (Å²) in [5, 5.41) is 8.87. The molecule has 15 heavy (non-hydrogen) atoms. The molecule has 2 nitrogen and oxygen atoms in total. The molecule has 3 atom stereocenters. The third-order valence-electron chi connectivity index (χ3n) is 3.90. The number of aliphatic carboxylic acids is 1. The van der Waals surface area contributed by atoms with Crippen molar-refractivity contribution in [2.24, 2.45) is 23.2 Å². The molecule has 2 fully saturated rings. The summed E-state index contributed by atoms with van der Waals surface area (Å²) < 4.78 is 27.3. The lowest BCUT2D eigenvalue weighted by molar-refractivity contribution is -0.209. The number of carboxylic acids is 1. The molecule has 1 N–H and O–H groups in total. The molecule has 0 aromatic carbocycles. The quantitative estimate of drug-likeness (QED) is 0.734. The maximum Gasteiger partial charge on any atom is 0.306 e. The van der Waals surface area contributed by atoms with E-state index < -0.39 is 29.1 Å². The standard InChI is InChI=1S/C11H16F2O2/c1-10(2)4-7-6(9(14)15)3-8(7)11(12,13)5-10/h6-8H,3-5H2,1-2H3,(H,14,15). The molecule has 0 bridgehead atoms. The second-order valence-corrected chi connectivity index (χ2v) is 5.76. The number of halogens is 2. The van der Waals surface area contributed by atoms with E-state index in [9.17, 15) is 13.6 Å². The highest BCUT2D eigenvalue weighted by molar-refractivity contribution is 5.71. The van der Waals surface area contributed by atoms with Crippen LogP contribution < -0.4 is 0 Å². The molecule has 0 amide bonds. The van der Waals surface area contributed by atoms with E-state index in [2.05, 4.69) is 0 Å². The summed E-state index contributed by atoms with van der Waals surface area (Å²) in [6.45, 7) is 3.60. The average Bonchev–Trinajstić information content (AvgIpc) is 1.92. The van der Waals surface area contributed by atoms with E-state index >= 15 is 0 Å². The van der Waals surface area contributed by atoms with Crippen LogP contribution in [0.2, 0.25) is 0 Å². The maximum absolute atomic E-state index is 13.6. The lowest BCUT2D eigenvalue weighted by atomic mass is 9.52. The number of carboxylic acid groups (broad SMARTS) is 1. The molecule has 0 spiro atoms. The Bertz CT molecular complexity index is 299. The Morgan fingerprint density at radius 3 is 2.53 bits per heavy atom. The van der Waals surface area contributed by atoms with Gasteiger partial charge in [0.1, 0.15) is 0 Å². The third kappa shape index (κ3) is 1.64. The minimum absolute atomic E-state index is 0.104. The van der Waals surface area contributed by atoms with E-state index in [1.54, 1.807) is 13.8 Å². The molecular weight excluding hydrogens is 202 g/mol. The lowest BCUT2D eigenvalue weighted by Crippen LogP contribution is -2.56. The number of rotatable bonds is 1. The summed E-state index contributed by atoms with van der Waals surface area (Å²) in [6.07, 6.45) is 0.667. The fourth-order valence-corrected chi connectivity index (χ4v) is 3.24. The van der Waals surface area contributed by atoms with Gasteiger partial charge < -0.3 is 5.11 Å². The molecule has 2 rings (SSSR count). The van der Waals surface area contributed by atoms with Crippen LogP contribution in [-0.4, -0.2) is 17.0 Å². The van der Waals surface area contributed by atoms with Gasteiger partial charge in [0.05, 0.1) is 5.92 Å². The van der Waals surface area contributed by atoms with Crippen LogP contribution in [0.3, 0.4) is 0 Å². The number of alkyl halides is 2. The van der Waals surface area contributed by atoms with Crippen molar-refractivity contribution in [2.75, 3.05) is 0 Å². The molecule has 86 valence electrons. The van der Waals surface area contributed by atoms with Crippen molar-refractivity contribution < 1.29 is 18.7 Å². The Kier molecular flexibility index (Phi) is 2.11. The topological polar surface area (TPSA) is 37.3 Å². The molecule has 0 aromatic rings. The minimum Gasteiger partial charge on any atom is -0.481 e. The van der Waals surface area contributed by atoms with Crippen LogP contribution in [0.25, 0.3) is 0 Å². The Hall–Kier alpha value is -0.670. The molecule has 0 heterocycles. The van der Waals surface area contributed by atoms with E-state index in [0.717, 1.165) is 0 Å². The van der Waals surface area contributed by atoms with Gasteiger partial charge in [0.15, 0.2) is 0 Å². The summed E-state index contributed by atoms with van der Waals surface area (Å²) >= 11 is 0. The summed E-state index contributed by atoms with van der Waals surface area (Å²) in [4.78, 5) is 10.8. The predicted octanol–water partition coefficient (Wildman–Crippen LogP) is 2.78. The molecule has 0 radical (unpaired) electrons. The van der Waals surface area contributed by atoms with Crippen LogP contribution in [0, 0.1) is 23.2 Å². The summed E-state index contributed by atoms with van der Waals surface area (Å²) in [5.74, 6) is -5.13. The number of hydrogen-bond acceptors (Lipinski definition) is 1. The normalized spacial score (nSPS) is 41.5. The van der Waals surface area contributed by atoms with Gasteiger partial charge in [-0.3, -0.25) is 4.79 Å². The van der Waals surface area contributed by atoms with Gasteiger partial charge in [0.25, 0.3) is 5.92 Å². The molecule has 0 saturated heterocycles. The monoisotopic (exact) mass is 218 g/mol. The van der Waals surface area contributed by atoms with Crippen molar-refractivity contribution in [3.8, 4) is 0 Å². The second-order valence-electron chi connectivity index (χ2n) is 5.76. The summed E-state index contributed by atoms with van der Waals surface area (Å²) in [5.41, 5.74) is -0.432. The first-order valence-corrected chi connectivity index (χ1v) is 5.34. The van der Waals surface area contributed by atoms with Crippen molar-refractivity contribution in [2.45, 2.75) is 39.0 Å². The van der Waals surface area contributed by atoms with E-state index in [-0.39, 0.29) is 18.8 Å².